The van der Waals surface area contributed by atoms with Gasteiger partial charge in [-0.05, 0) is 60.6 Å². The van der Waals surface area contributed by atoms with Crippen molar-refractivity contribution in [2.75, 3.05) is 38.0 Å². The smallest absolute Gasteiger partial charge is 0.146 e. The van der Waals surface area contributed by atoms with Gasteiger partial charge in [-0.25, -0.2) is 0 Å². The molecule has 2 aromatic heterocycles. The third kappa shape index (κ3) is 6.22. The van der Waals surface area contributed by atoms with Crippen molar-refractivity contribution in [3.63, 3.8) is 0 Å². The fraction of sp³-hybridized carbons (Fsp3) is 0.212. The molecule has 6 nitrogen and oxygen atoms in total. The number of halogens is 1. The van der Waals surface area contributed by atoms with E-state index < -0.39 is 0 Å². The van der Waals surface area contributed by atoms with Crippen LogP contribution >= 0.6 is 22.9 Å². The molecule has 0 bridgehead atoms. The van der Waals surface area contributed by atoms with Crippen molar-refractivity contribution in [1.29, 1.82) is 5.26 Å². The van der Waals surface area contributed by atoms with Crippen LogP contribution in [0.5, 0.6) is 11.5 Å². The van der Waals surface area contributed by atoms with E-state index in [0.29, 0.717) is 27.8 Å². The minimum absolute atomic E-state index is 0.465. The standard InChI is InChI=1S/C33H30ClN5OS/c1-2-38-14-16-39(17-15-38)22-27-10-13-32(41-27)23-8-11-28-30(18-23)36-21-24(20-35)33(28)37-25-9-12-31(29(34)19-25)40-26-6-4-3-5-7-26/h3-13,18-19,21H,2,14-17,22H2,1H3,(H,36,37). The van der Waals surface area contributed by atoms with E-state index in [1.165, 1.54) is 9.75 Å². The Balaban J connectivity index is 1.22. The van der Waals surface area contributed by atoms with Crippen LogP contribution in [-0.2, 0) is 6.54 Å². The number of likely N-dealkylation sites (N-methyl/N-ethyl adjacent to an activating group) is 1. The van der Waals surface area contributed by atoms with Gasteiger partial charge in [0.25, 0.3) is 0 Å². The summed E-state index contributed by atoms with van der Waals surface area (Å²) in [5, 5.41) is 14.6. The zero-order valence-corrected chi connectivity index (χ0v) is 24.4. The number of aromatic nitrogens is 1. The van der Waals surface area contributed by atoms with Gasteiger partial charge in [0.15, 0.2) is 0 Å². The van der Waals surface area contributed by atoms with Gasteiger partial charge >= 0.3 is 0 Å². The Kier molecular flexibility index (Phi) is 8.17. The average Bonchev–Trinajstić information content (AvgIpc) is 3.48. The van der Waals surface area contributed by atoms with E-state index in [2.05, 4.69) is 57.4 Å². The lowest BCUT2D eigenvalue weighted by Gasteiger charge is -2.33. The molecule has 1 saturated heterocycles. The number of nitrogens with one attached hydrogen (secondary N) is 1. The molecule has 0 spiro atoms. The molecule has 1 aliphatic rings. The van der Waals surface area contributed by atoms with Gasteiger partial charge in [0.1, 0.15) is 17.6 Å². The molecular weight excluding hydrogens is 550 g/mol. The van der Waals surface area contributed by atoms with Crippen molar-refractivity contribution >= 4 is 45.2 Å². The molecule has 0 atom stereocenters. The van der Waals surface area contributed by atoms with Crippen LogP contribution in [0.3, 0.4) is 0 Å². The first-order chi connectivity index (χ1) is 20.1. The summed E-state index contributed by atoms with van der Waals surface area (Å²) in [6.07, 6.45) is 1.62. The number of benzene rings is 3. The van der Waals surface area contributed by atoms with E-state index in [1.807, 2.05) is 59.9 Å². The van der Waals surface area contributed by atoms with Crippen LogP contribution in [0, 0.1) is 11.3 Å². The molecular formula is C33H30ClN5OS. The lowest BCUT2D eigenvalue weighted by Crippen LogP contribution is -2.45. The van der Waals surface area contributed by atoms with Gasteiger partial charge in [0.2, 0.25) is 0 Å². The second kappa shape index (κ2) is 12.3. The molecule has 0 saturated carbocycles. The Morgan fingerprint density at radius 1 is 0.976 bits per heavy atom. The number of para-hydroxylation sites is 1. The maximum atomic E-state index is 9.84. The van der Waals surface area contributed by atoms with Gasteiger partial charge in [-0.1, -0.05) is 48.9 Å². The van der Waals surface area contributed by atoms with E-state index in [9.17, 15) is 5.26 Å². The third-order valence-corrected chi connectivity index (χ3v) is 8.81. The zero-order valence-electron chi connectivity index (χ0n) is 22.8. The van der Waals surface area contributed by atoms with Gasteiger partial charge in [-0.2, -0.15) is 5.26 Å². The predicted octanol–water partition coefficient (Wildman–Crippen LogP) is 8.16. The molecule has 5 aromatic rings. The third-order valence-electron chi connectivity index (χ3n) is 7.40. The molecule has 8 heteroatoms. The Morgan fingerprint density at radius 3 is 2.54 bits per heavy atom. The first kappa shape index (κ1) is 27.3. The number of nitriles is 1. The summed E-state index contributed by atoms with van der Waals surface area (Å²) in [4.78, 5) is 12.3. The maximum absolute atomic E-state index is 9.84. The minimum atomic E-state index is 0.465. The highest BCUT2D eigenvalue weighted by atomic mass is 35.5. The average molecular weight is 580 g/mol. The van der Waals surface area contributed by atoms with Crippen molar-refractivity contribution in [2.24, 2.45) is 0 Å². The molecule has 6 rings (SSSR count). The lowest BCUT2D eigenvalue weighted by molar-refractivity contribution is 0.133. The Morgan fingerprint density at radius 2 is 1.78 bits per heavy atom. The zero-order chi connectivity index (χ0) is 28.2. The molecule has 1 N–H and O–H groups in total. The summed E-state index contributed by atoms with van der Waals surface area (Å²) >= 11 is 8.39. The predicted molar refractivity (Wildman–Crippen MR) is 168 cm³/mol. The van der Waals surface area contributed by atoms with Crippen LogP contribution in [0.1, 0.15) is 17.4 Å². The van der Waals surface area contributed by atoms with E-state index in [0.717, 1.165) is 61.4 Å². The van der Waals surface area contributed by atoms with E-state index in [1.54, 1.807) is 12.3 Å². The summed E-state index contributed by atoms with van der Waals surface area (Å²) in [6.45, 7) is 8.87. The summed E-state index contributed by atoms with van der Waals surface area (Å²) < 4.78 is 5.91. The highest BCUT2D eigenvalue weighted by Gasteiger charge is 2.17. The van der Waals surface area contributed by atoms with Crippen molar-refractivity contribution in [3.8, 4) is 28.0 Å². The number of hydrogen-bond acceptors (Lipinski definition) is 7. The van der Waals surface area contributed by atoms with Crippen molar-refractivity contribution < 1.29 is 4.74 Å². The number of nitrogens with zero attached hydrogens (tertiary/aromatic N) is 4. The quantitative estimate of drug-likeness (QED) is 0.200. The fourth-order valence-electron chi connectivity index (χ4n) is 5.09. The molecule has 41 heavy (non-hydrogen) atoms. The first-order valence-electron chi connectivity index (χ1n) is 13.8. The largest absolute Gasteiger partial charge is 0.456 e. The molecule has 0 radical (unpaired) electrons. The topological polar surface area (TPSA) is 64.4 Å². The number of anilines is 2. The molecule has 0 amide bonds. The van der Waals surface area contributed by atoms with Gasteiger partial charge < -0.3 is 15.0 Å². The molecule has 3 heterocycles. The molecule has 1 aliphatic heterocycles. The maximum Gasteiger partial charge on any atom is 0.146 e. The highest BCUT2D eigenvalue weighted by molar-refractivity contribution is 7.15. The Hall–Kier alpha value is -3.93. The lowest BCUT2D eigenvalue weighted by atomic mass is 10.1. The SMILES string of the molecule is CCN1CCN(Cc2ccc(-c3ccc4c(Nc5ccc(Oc6ccccc6)c(Cl)c5)c(C#N)cnc4c3)s2)CC1. The van der Waals surface area contributed by atoms with E-state index >= 15 is 0 Å². The van der Waals surface area contributed by atoms with Crippen LogP contribution in [0.2, 0.25) is 5.02 Å². The molecule has 0 unspecified atom stereocenters. The number of ether oxygens (including phenoxy) is 1. The van der Waals surface area contributed by atoms with Crippen LogP contribution in [0.4, 0.5) is 11.4 Å². The second-order valence-electron chi connectivity index (χ2n) is 10.1. The number of hydrogen-bond donors (Lipinski definition) is 1. The van der Waals surface area contributed by atoms with Crippen LogP contribution in [0.15, 0.2) is 85.1 Å². The molecule has 1 fully saturated rings. The summed E-state index contributed by atoms with van der Waals surface area (Å²) in [7, 11) is 0. The van der Waals surface area contributed by atoms with Crippen LogP contribution in [-0.4, -0.2) is 47.5 Å². The molecule has 0 aliphatic carbocycles. The fourth-order valence-corrected chi connectivity index (χ4v) is 6.36. The van der Waals surface area contributed by atoms with Crippen molar-refractivity contribution in [2.45, 2.75) is 13.5 Å². The van der Waals surface area contributed by atoms with Crippen LogP contribution < -0.4 is 10.1 Å². The Labute approximate surface area is 249 Å². The van der Waals surface area contributed by atoms with Gasteiger partial charge in [0.05, 0.1) is 21.8 Å². The van der Waals surface area contributed by atoms with Gasteiger partial charge in [-0.15, -0.1) is 11.3 Å². The van der Waals surface area contributed by atoms with Crippen molar-refractivity contribution in [1.82, 2.24) is 14.8 Å². The molecule has 3 aromatic carbocycles. The second-order valence-corrected chi connectivity index (χ2v) is 11.6. The summed E-state index contributed by atoms with van der Waals surface area (Å²) in [5.41, 5.74) is 3.87. The monoisotopic (exact) mass is 579 g/mol. The summed E-state index contributed by atoms with van der Waals surface area (Å²) in [6, 6.07) is 28.0. The highest BCUT2D eigenvalue weighted by Crippen LogP contribution is 2.37. The van der Waals surface area contributed by atoms with Gasteiger partial charge in [0, 0.05) is 59.7 Å². The number of pyridine rings is 1. The normalized spacial score (nSPS) is 14.2. The van der Waals surface area contributed by atoms with Crippen LogP contribution in [0.25, 0.3) is 21.3 Å². The Bertz CT molecular complexity index is 1710. The number of fused-ring (bicyclic) bond motifs is 1. The van der Waals surface area contributed by atoms with Crippen molar-refractivity contribution in [3.05, 3.63) is 101 Å². The van der Waals surface area contributed by atoms with Gasteiger partial charge in [-0.3, -0.25) is 9.88 Å². The minimum Gasteiger partial charge on any atom is -0.456 e. The first-order valence-corrected chi connectivity index (χ1v) is 14.9. The number of piperazine rings is 1. The summed E-state index contributed by atoms with van der Waals surface area (Å²) in [5.74, 6) is 1.28. The van der Waals surface area contributed by atoms with E-state index in [4.69, 9.17) is 16.3 Å². The number of rotatable bonds is 8. The molecule has 206 valence electrons. The number of thiophene rings is 1. The van der Waals surface area contributed by atoms with E-state index in [-0.39, 0.29) is 0 Å².